The van der Waals surface area contributed by atoms with Crippen LogP contribution >= 0.6 is 0 Å². The van der Waals surface area contributed by atoms with Crippen LogP contribution in [0.2, 0.25) is 0 Å². The Morgan fingerprint density at radius 2 is 1.72 bits per heavy atom. The van der Waals surface area contributed by atoms with Crippen molar-refractivity contribution in [3.8, 4) is 0 Å². The smallest absolute Gasteiger partial charge is 0.309 e. The molecule has 0 spiro atoms. The highest BCUT2D eigenvalue weighted by Gasteiger charge is 2.25. The molecule has 0 aliphatic carbocycles. The molecular weight excluding hydrogens is 370 g/mol. The first-order valence-electron chi connectivity index (χ1n) is 10.9. The van der Waals surface area contributed by atoms with E-state index in [0.29, 0.717) is 13.1 Å². The van der Waals surface area contributed by atoms with Gasteiger partial charge in [-0.1, -0.05) is 12.8 Å². The van der Waals surface area contributed by atoms with Gasteiger partial charge in [0.2, 0.25) is 0 Å². The van der Waals surface area contributed by atoms with Crippen molar-refractivity contribution in [2.75, 3.05) is 59.0 Å². The van der Waals surface area contributed by atoms with Crippen molar-refractivity contribution in [1.82, 2.24) is 25.0 Å². The lowest BCUT2D eigenvalue weighted by Crippen LogP contribution is -2.47. The first-order valence-corrected chi connectivity index (χ1v) is 10.9. The number of nitrogens with one attached hydrogen (secondary N) is 2. The zero-order valence-electron chi connectivity index (χ0n) is 17.6. The molecule has 29 heavy (non-hydrogen) atoms. The topological polar surface area (TPSA) is 78.8 Å². The van der Waals surface area contributed by atoms with Gasteiger partial charge in [-0.05, 0) is 38.1 Å². The van der Waals surface area contributed by atoms with E-state index >= 15 is 0 Å². The molecule has 2 fully saturated rings. The Morgan fingerprint density at radius 3 is 2.38 bits per heavy atom. The Hall–Kier alpha value is -1.90. The summed E-state index contributed by atoms with van der Waals surface area (Å²) in [6, 6.07) is 4.21. The minimum absolute atomic E-state index is 0.0817. The first-order chi connectivity index (χ1) is 14.1. The molecule has 0 saturated carbocycles. The predicted octanol–water partition coefficient (Wildman–Crippen LogP) is 0.507. The second-order valence-electron chi connectivity index (χ2n) is 7.93. The number of ether oxygens (including phenoxy) is 1. The molecule has 0 radical (unpaired) electrons. The van der Waals surface area contributed by atoms with E-state index in [-0.39, 0.29) is 6.04 Å². The van der Waals surface area contributed by atoms with Crippen LogP contribution in [0.1, 0.15) is 37.4 Å². The summed E-state index contributed by atoms with van der Waals surface area (Å²) in [4.78, 5) is 29.2. The normalized spacial score (nSPS) is 20.0. The fourth-order valence-corrected chi connectivity index (χ4v) is 4.15. The fraction of sp³-hybridized carbons (Fsp3) is 0.714. The molecule has 1 aromatic rings. The molecule has 0 aromatic carbocycles. The molecule has 2 amide bonds. The van der Waals surface area contributed by atoms with E-state index in [1.807, 2.05) is 19.3 Å². The molecule has 8 nitrogen and oxygen atoms in total. The average molecular weight is 406 g/mol. The highest BCUT2D eigenvalue weighted by atomic mass is 16.5. The molecule has 0 unspecified atom stereocenters. The van der Waals surface area contributed by atoms with Gasteiger partial charge in [-0.2, -0.15) is 0 Å². The Balaban J connectivity index is 1.49. The molecule has 162 valence electrons. The van der Waals surface area contributed by atoms with Crippen molar-refractivity contribution >= 4 is 11.8 Å². The van der Waals surface area contributed by atoms with Crippen LogP contribution in [0.3, 0.4) is 0 Å². The molecule has 1 aromatic heterocycles. The minimum Gasteiger partial charge on any atom is -0.379 e. The minimum atomic E-state index is -0.556. The van der Waals surface area contributed by atoms with E-state index in [2.05, 4.69) is 31.1 Å². The van der Waals surface area contributed by atoms with Gasteiger partial charge in [-0.25, -0.2) is 0 Å². The Bertz CT molecular complexity index is 648. The van der Waals surface area contributed by atoms with E-state index < -0.39 is 11.8 Å². The average Bonchev–Trinajstić information content (AvgIpc) is 2.99. The van der Waals surface area contributed by atoms with Crippen LogP contribution in [-0.2, 0) is 21.4 Å². The summed E-state index contributed by atoms with van der Waals surface area (Å²) in [7, 11) is 2.03. The largest absolute Gasteiger partial charge is 0.379 e. The van der Waals surface area contributed by atoms with Crippen molar-refractivity contribution in [3.63, 3.8) is 0 Å². The molecular formula is C21H35N5O3. The van der Waals surface area contributed by atoms with Gasteiger partial charge in [0.05, 0.1) is 19.3 Å². The van der Waals surface area contributed by atoms with Gasteiger partial charge in [0, 0.05) is 51.7 Å². The zero-order valence-corrected chi connectivity index (χ0v) is 17.6. The first kappa shape index (κ1) is 21.8. The number of hydrogen-bond acceptors (Lipinski definition) is 5. The number of morpholine rings is 1. The summed E-state index contributed by atoms with van der Waals surface area (Å²) in [6.45, 7) is 6.90. The Morgan fingerprint density at radius 1 is 1.03 bits per heavy atom. The third-order valence-corrected chi connectivity index (χ3v) is 5.89. The number of carbonyl (C=O) groups is 2. The van der Waals surface area contributed by atoms with Gasteiger partial charge in [0.25, 0.3) is 0 Å². The Kier molecular flexibility index (Phi) is 8.52. The van der Waals surface area contributed by atoms with Crippen molar-refractivity contribution in [1.29, 1.82) is 0 Å². The van der Waals surface area contributed by atoms with Gasteiger partial charge in [-0.3, -0.25) is 19.4 Å². The maximum absolute atomic E-state index is 12.4. The number of aryl methyl sites for hydroxylation is 1. The summed E-state index contributed by atoms with van der Waals surface area (Å²) in [5.74, 6) is -1.11. The number of carbonyl (C=O) groups excluding carboxylic acids is 2. The highest BCUT2D eigenvalue weighted by molar-refractivity contribution is 6.35. The lowest BCUT2D eigenvalue weighted by Gasteiger charge is -2.31. The van der Waals surface area contributed by atoms with Gasteiger partial charge in [-0.15, -0.1) is 0 Å². The lowest BCUT2D eigenvalue weighted by molar-refractivity contribution is -0.139. The standard InChI is InChI=1S/C21H35N5O3/c1-24-9-6-7-18(24)19(26-10-4-2-3-5-11-26)17-23-21(28)20(27)22-8-12-25-13-15-29-16-14-25/h6-7,9,19H,2-5,8,10-17H2,1H3,(H,22,27)(H,23,28)/t19-/m0/s1. The van der Waals surface area contributed by atoms with Gasteiger partial charge in [0.15, 0.2) is 0 Å². The molecule has 3 heterocycles. The van der Waals surface area contributed by atoms with E-state index in [4.69, 9.17) is 4.74 Å². The SMILES string of the molecule is Cn1cccc1[C@H](CNC(=O)C(=O)NCCN1CCOCC1)N1CCCCCC1. The molecule has 0 bridgehead atoms. The van der Waals surface area contributed by atoms with Gasteiger partial charge >= 0.3 is 11.8 Å². The van der Waals surface area contributed by atoms with Crippen molar-refractivity contribution in [3.05, 3.63) is 24.0 Å². The van der Waals surface area contributed by atoms with Crippen LogP contribution in [0.5, 0.6) is 0 Å². The van der Waals surface area contributed by atoms with E-state index in [9.17, 15) is 9.59 Å². The molecule has 3 rings (SSSR count). The van der Waals surface area contributed by atoms with E-state index in [1.165, 1.54) is 31.4 Å². The molecule has 1 atom stereocenters. The van der Waals surface area contributed by atoms with Gasteiger partial charge in [0.1, 0.15) is 0 Å². The number of hydrogen-bond donors (Lipinski definition) is 2. The Labute approximate surface area is 173 Å². The molecule has 8 heteroatoms. The van der Waals surface area contributed by atoms with Gasteiger partial charge < -0.3 is 19.9 Å². The van der Waals surface area contributed by atoms with Crippen LogP contribution in [-0.4, -0.2) is 85.2 Å². The predicted molar refractivity (Wildman–Crippen MR) is 111 cm³/mol. The summed E-state index contributed by atoms with van der Waals surface area (Å²) >= 11 is 0. The van der Waals surface area contributed by atoms with Crippen LogP contribution in [0.4, 0.5) is 0 Å². The number of nitrogens with zero attached hydrogens (tertiary/aromatic N) is 3. The second kappa shape index (κ2) is 11.3. The monoisotopic (exact) mass is 405 g/mol. The summed E-state index contributed by atoms with van der Waals surface area (Å²) in [5, 5.41) is 5.60. The fourth-order valence-electron chi connectivity index (χ4n) is 4.15. The van der Waals surface area contributed by atoms with Crippen LogP contribution in [0.15, 0.2) is 18.3 Å². The van der Waals surface area contributed by atoms with Crippen LogP contribution in [0.25, 0.3) is 0 Å². The summed E-state index contributed by atoms with van der Waals surface area (Å²) in [5.41, 5.74) is 1.17. The molecule has 2 N–H and O–H groups in total. The number of likely N-dealkylation sites (tertiary alicyclic amines) is 1. The highest BCUT2D eigenvalue weighted by Crippen LogP contribution is 2.23. The third-order valence-electron chi connectivity index (χ3n) is 5.89. The number of amides is 2. The van der Waals surface area contributed by atoms with Crippen molar-refractivity contribution < 1.29 is 14.3 Å². The maximum Gasteiger partial charge on any atom is 0.309 e. The number of rotatable bonds is 7. The maximum atomic E-state index is 12.4. The molecule has 2 saturated heterocycles. The number of aromatic nitrogens is 1. The van der Waals surface area contributed by atoms with E-state index in [0.717, 1.165) is 45.9 Å². The van der Waals surface area contributed by atoms with Crippen molar-refractivity contribution in [2.24, 2.45) is 7.05 Å². The molecule has 2 aliphatic heterocycles. The zero-order chi connectivity index (χ0) is 20.5. The molecule has 2 aliphatic rings. The van der Waals surface area contributed by atoms with Crippen LogP contribution < -0.4 is 10.6 Å². The van der Waals surface area contributed by atoms with E-state index in [1.54, 1.807) is 0 Å². The van der Waals surface area contributed by atoms with Crippen molar-refractivity contribution in [2.45, 2.75) is 31.7 Å². The quantitative estimate of drug-likeness (QED) is 0.646. The lowest BCUT2D eigenvalue weighted by atomic mass is 10.1. The second-order valence-corrected chi connectivity index (χ2v) is 7.93. The summed E-state index contributed by atoms with van der Waals surface area (Å²) < 4.78 is 7.42. The third kappa shape index (κ3) is 6.55. The van der Waals surface area contributed by atoms with Crippen LogP contribution in [0, 0.1) is 0 Å². The summed E-state index contributed by atoms with van der Waals surface area (Å²) in [6.07, 6.45) is 6.90.